The first kappa shape index (κ1) is 29.7. The Hall–Kier alpha value is -1.31. The van der Waals surface area contributed by atoms with Gasteiger partial charge in [0.1, 0.15) is 6.10 Å². The topological polar surface area (TPSA) is 105 Å². The molecular formula is C26H48O7. The van der Waals surface area contributed by atoms with Crippen LogP contribution in [0.2, 0.25) is 0 Å². The largest absolute Gasteiger partial charge is 0.490 e. The summed E-state index contributed by atoms with van der Waals surface area (Å²) in [5.41, 5.74) is -1.55. The van der Waals surface area contributed by atoms with Crippen LogP contribution in [0.5, 0.6) is 0 Å². The summed E-state index contributed by atoms with van der Waals surface area (Å²) >= 11 is 0. The average Bonchev–Trinajstić information content (AvgIpc) is 3.06. The zero-order valence-corrected chi connectivity index (χ0v) is 21.2. The number of carbonyl (C=O) groups is 1. The molecule has 33 heavy (non-hydrogen) atoms. The standard InChI is InChI=1S/C26H48O7/c1-4-5-6-7-8-9-10-11-12-13-14-15-16-17-18-31-24-23(33-30)25(29)32-26(24,19-21(2)3)22(28)20-27/h21-22,27-28,30H,4-20H2,1-3H3/t22-,26+/m0/s1. The summed E-state index contributed by atoms with van der Waals surface area (Å²) in [5.74, 6) is -1.34. The smallest absolute Gasteiger partial charge is 0.382 e. The van der Waals surface area contributed by atoms with Gasteiger partial charge in [0.05, 0.1) is 13.2 Å². The fourth-order valence-electron chi connectivity index (χ4n) is 4.52. The molecule has 1 rings (SSSR count). The van der Waals surface area contributed by atoms with Gasteiger partial charge in [-0.25, -0.2) is 10.1 Å². The minimum absolute atomic E-state index is 0.0278. The maximum Gasteiger partial charge on any atom is 0.382 e. The molecule has 0 saturated carbocycles. The Kier molecular flexibility index (Phi) is 15.5. The molecule has 0 aromatic carbocycles. The second kappa shape index (κ2) is 17.2. The second-order valence-electron chi connectivity index (χ2n) is 9.77. The molecule has 0 saturated heterocycles. The average molecular weight is 473 g/mol. The summed E-state index contributed by atoms with van der Waals surface area (Å²) in [5, 5.41) is 29.1. The molecule has 7 nitrogen and oxygen atoms in total. The number of unbranched alkanes of at least 4 members (excludes halogenated alkanes) is 13. The van der Waals surface area contributed by atoms with Gasteiger partial charge >= 0.3 is 5.97 Å². The van der Waals surface area contributed by atoms with Gasteiger partial charge in [-0.15, -0.1) is 0 Å². The second-order valence-corrected chi connectivity index (χ2v) is 9.77. The van der Waals surface area contributed by atoms with Crippen molar-refractivity contribution in [2.75, 3.05) is 13.2 Å². The van der Waals surface area contributed by atoms with Crippen LogP contribution in [0.1, 0.15) is 117 Å². The van der Waals surface area contributed by atoms with E-state index in [1.54, 1.807) is 0 Å². The third-order valence-corrected chi connectivity index (χ3v) is 6.31. The van der Waals surface area contributed by atoms with E-state index in [-0.39, 0.29) is 18.1 Å². The molecule has 0 amide bonds. The van der Waals surface area contributed by atoms with Gasteiger partial charge in [0.25, 0.3) is 5.76 Å². The lowest BCUT2D eigenvalue weighted by atomic mass is 9.85. The fourth-order valence-corrected chi connectivity index (χ4v) is 4.52. The Morgan fingerprint density at radius 1 is 0.879 bits per heavy atom. The molecule has 0 fully saturated rings. The van der Waals surface area contributed by atoms with Crippen LogP contribution in [0.4, 0.5) is 0 Å². The van der Waals surface area contributed by atoms with Crippen LogP contribution >= 0.6 is 0 Å². The van der Waals surface area contributed by atoms with Crippen molar-refractivity contribution < 1.29 is 34.6 Å². The molecule has 0 spiro atoms. The van der Waals surface area contributed by atoms with E-state index in [4.69, 9.17) is 9.47 Å². The van der Waals surface area contributed by atoms with Crippen molar-refractivity contribution in [3.05, 3.63) is 11.5 Å². The number of hydrogen-bond acceptors (Lipinski definition) is 7. The van der Waals surface area contributed by atoms with Crippen LogP contribution in [0, 0.1) is 5.92 Å². The molecule has 1 aliphatic heterocycles. The minimum atomic E-state index is -1.55. The van der Waals surface area contributed by atoms with E-state index in [0.29, 0.717) is 6.61 Å². The van der Waals surface area contributed by atoms with Crippen molar-refractivity contribution in [1.82, 2.24) is 0 Å². The predicted octanol–water partition coefficient (Wildman–Crippen LogP) is 5.88. The van der Waals surface area contributed by atoms with Crippen molar-refractivity contribution in [3.63, 3.8) is 0 Å². The SMILES string of the molecule is CCCCCCCCCCCCCCCCOC1=C(OO)C(=O)O[C@]1(CC(C)C)[C@@H](O)CO. The van der Waals surface area contributed by atoms with E-state index < -0.39 is 30.0 Å². The van der Waals surface area contributed by atoms with E-state index >= 15 is 0 Å². The number of aliphatic hydroxyl groups excluding tert-OH is 2. The van der Waals surface area contributed by atoms with Gasteiger partial charge in [0.15, 0.2) is 5.76 Å². The Bertz CT molecular complexity index is 561. The van der Waals surface area contributed by atoms with Gasteiger partial charge in [-0.3, -0.25) is 0 Å². The summed E-state index contributed by atoms with van der Waals surface area (Å²) in [7, 11) is 0. The molecule has 194 valence electrons. The molecule has 1 aliphatic rings. The van der Waals surface area contributed by atoms with Crippen molar-refractivity contribution in [3.8, 4) is 0 Å². The number of aliphatic hydroxyl groups is 2. The Labute approximate surface area is 200 Å². The summed E-state index contributed by atoms with van der Waals surface area (Å²) in [6, 6.07) is 0. The number of esters is 1. The van der Waals surface area contributed by atoms with Crippen molar-refractivity contribution >= 4 is 5.97 Å². The number of hydrogen-bond donors (Lipinski definition) is 3. The number of ether oxygens (including phenoxy) is 2. The third-order valence-electron chi connectivity index (χ3n) is 6.31. The lowest BCUT2D eigenvalue weighted by Gasteiger charge is -2.34. The zero-order valence-electron chi connectivity index (χ0n) is 21.2. The van der Waals surface area contributed by atoms with Gasteiger partial charge < -0.3 is 24.6 Å². The minimum Gasteiger partial charge on any atom is -0.490 e. The van der Waals surface area contributed by atoms with Crippen LogP contribution in [-0.2, 0) is 19.2 Å². The van der Waals surface area contributed by atoms with E-state index in [9.17, 15) is 20.3 Å². The Balaban J connectivity index is 2.28. The third kappa shape index (κ3) is 10.2. The lowest BCUT2D eigenvalue weighted by Crippen LogP contribution is -2.48. The molecule has 0 aromatic heterocycles. The van der Waals surface area contributed by atoms with Crippen molar-refractivity contribution in [1.29, 1.82) is 0 Å². The molecule has 0 bridgehead atoms. The Morgan fingerprint density at radius 3 is 1.79 bits per heavy atom. The van der Waals surface area contributed by atoms with Crippen LogP contribution in [-0.4, -0.2) is 46.4 Å². The van der Waals surface area contributed by atoms with Gasteiger partial charge in [-0.2, -0.15) is 0 Å². The van der Waals surface area contributed by atoms with Crippen LogP contribution in [0.15, 0.2) is 11.5 Å². The monoisotopic (exact) mass is 472 g/mol. The van der Waals surface area contributed by atoms with Crippen LogP contribution in [0.3, 0.4) is 0 Å². The summed E-state index contributed by atoms with van der Waals surface area (Å²) < 4.78 is 11.2. The molecule has 0 aromatic rings. The van der Waals surface area contributed by atoms with Crippen molar-refractivity contribution in [2.24, 2.45) is 5.92 Å². The zero-order chi connectivity index (χ0) is 24.5. The highest BCUT2D eigenvalue weighted by Crippen LogP contribution is 2.41. The fraction of sp³-hybridized carbons (Fsp3) is 0.885. The number of carbonyl (C=O) groups excluding carboxylic acids is 1. The first-order valence-corrected chi connectivity index (χ1v) is 13.1. The van der Waals surface area contributed by atoms with E-state index in [1.807, 2.05) is 13.8 Å². The van der Waals surface area contributed by atoms with Gasteiger partial charge in [-0.05, 0) is 18.8 Å². The highest BCUT2D eigenvalue weighted by atomic mass is 17.1. The highest BCUT2D eigenvalue weighted by molar-refractivity contribution is 5.90. The van der Waals surface area contributed by atoms with Crippen LogP contribution in [0.25, 0.3) is 0 Å². The summed E-state index contributed by atoms with van der Waals surface area (Å²) in [4.78, 5) is 16.4. The predicted molar refractivity (Wildman–Crippen MR) is 128 cm³/mol. The molecule has 7 heteroatoms. The Morgan fingerprint density at radius 2 is 1.36 bits per heavy atom. The molecule has 2 atom stereocenters. The maximum absolute atomic E-state index is 12.2. The number of rotatable bonds is 21. The quantitative estimate of drug-likeness (QED) is 0.0829. The van der Waals surface area contributed by atoms with Gasteiger partial charge in [0.2, 0.25) is 5.60 Å². The lowest BCUT2D eigenvalue weighted by molar-refractivity contribution is -0.211. The summed E-state index contributed by atoms with van der Waals surface area (Å²) in [6.07, 6.45) is 16.4. The maximum atomic E-state index is 12.2. The molecule has 0 unspecified atom stereocenters. The summed E-state index contributed by atoms with van der Waals surface area (Å²) in [6.45, 7) is 5.77. The van der Waals surface area contributed by atoms with Crippen LogP contribution < -0.4 is 0 Å². The number of cyclic esters (lactones) is 1. The molecular weight excluding hydrogens is 424 g/mol. The van der Waals surface area contributed by atoms with Gasteiger partial charge in [0, 0.05) is 0 Å². The van der Waals surface area contributed by atoms with Crippen molar-refractivity contribution in [2.45, 2.75) is 129 Å². The van der Waals surface area contributed by atoms with E-state index in [1.165, 1.54) is 70.6 Å². The first-order valence-electron chi connectivity index (χ1n) is 13.1. The molecule has 0 aliphatic carbocycles. The van der Waals surface area contributed by atoms with Gasteiger partial charge in [-0.1, -0.05) is 104 Å². The first-order chi connectivity index (χ1) is 15.9. The molecule has 0 radical (unpaired) electrons. The molecule has 3 N–H and O–H groups in total. The van der Waals surface area contributed by atoms with E-state index in [0.717, 1.165) is 19.3 Å². The highest BCUT2D eigenvalue weighted by Gasteiger charge is 2.56. The van der Waals surface area contributed by atoms with E-state index in [2.05, 4.69) is 11.8 Å². The normalized spacial score (nSPS) is 19.3. The molecule has 1 heterocycles.